The van der Waals surface area contributed by atoms with E-state index in [4.69, 9.17) is 10.5 Å². The Hall–Kier alpha value is -0.130. The Morgan fingerprint density at radius 1 is 1.47 bits per heavy atom. The first-order valence-electron chi connectivity index (χ1n) is 5.44. The van der Waals surface area contributed by atoms with E-state index in [1.54, 1.807) is 13.8 Å². The summed E-state index contributed by atoms with van der Waals surface area (Å²) in [7, 11) is -2.97. The molecule has 0 spiro atoms. The first-order valence-corrected chi connectivity index (χ1v) is 7.15. The Bertz CT molecular complexity index is 292. The van der Waals surface area contributed by atoms with Crippen LogP contribution in [0.4, 0.5) is 0 Å². The van der Waals surface area contributed by atoms with Crippen molar-refractivity contribution in [2.75, 3.05) is 19.0 Å². The quantitative estimate of drug-likeness (QED) is 0.779. The molecule has 0 bridgehead atoms. The molecular weight excluding hydrogens is 214 g/mol. The summed E-state index contributed by atoms with van der Waals surface area (Å²) in [5.74, 6) is 0.171. The van der Waals surface area contributed by atoms with Crippen molar-refractivity contribution in [2.45, 2.75) is 43.9 Å². The van der Waals surface area contributed by atoms with Crippen molar-refractivity contribution in [1.82, 2.24) is 0 Å². The van der Waals surface area contributed by atoms with Gasteiger partial charge in [-0.1, -0.05) is 0 Å². The molecule has 0 aromatic heterocycles. The van der Waals surface area contributed by atoms with Gasteiger partial charge in [0.2, 0.25) is 0 Å². The molecule has 1 unspecified atom stereocenters. The molecular formula is C10H21NO3S. The highest BCUT2D eigenvalue weighted by molar-refractivity contribution is 7.91. The van der Waals surface area contributed by atoms with Crippen LogP contribution in [0.5, 0.6) is 0 Å². The van der Waals surface area contributed by atoms with Gasteiger partial charge in [0.15, 0.2) is 9.84 Å². The molecule has 0 amide bonds. The topological polar surface area (TPSA) is 69.4 Å². The molecule has 0 aromatic carbocycles. The number of rotatable bonds is 4. The maximum Gasteiger partial charge on any atom is 0.152 e. The highest BCUT2D eigenvalue weighted by atomic mass is 32.2. The van der Waals surface area contributed by atoms with Crippen LogP contribution >= 0.6 is 0 Å². The molecule has 1 fully saturated rings. The Balaban J connectivity index is 2.48. The van der Waals surface area contributed by atoms with Crippen molar-refractivity contribution in [2.24, 2.45) is 5.73 Å². The van der Waals surface area contributed by atoms with Crippen molar-refractivity contribution in [3.8, 4) is 0 Å². The number of hydrogen-bond donors (Lipinski definition) is 1. The molecule has 1 rings (SSSR count). The summed E-state index contributed by atoms with van der Waals surface area (Å²) in [6, 6.07) is 0. The third kappa shape index (κ3) is 3.74. The molecule has 1 atom stereocenters. The monoisotopic (exact) mass is 235 g/mol. The second kappa shape index (κ2) is 4.80. The minimum Gasteiger partial charge on any atom is -0.380 e. The van der Waals surface area contributed by atoms with Gasteiger partial charge in [0, 0.05) is 12.1 Å². The summed E-state index contributed by atoms with van der Waals surface area (Å²) in [4.78, 5) is 0. The lowest BCUT2D eigenvalue weighted by atomic mass is 9.91. The predicted octanol–water partition coefficient (Wildman–Crippen LogP) is 0.708. The van der Waals surface area contributed by atoms with Crippen molar-refractivity contribution in [3.05, 3.63) is 0 Å². The van der Waals surface area contributed by atoms with Crippen LogP contribution in [0.15, 0.2) is 0 Å². The van der Waals surface area contributed by atoms with Gasteiger partial charge >= 0.3 is 0 Å². The van der Waals surface area contributed by atoms with E-state index in [1.807, 2.05) is 0 Å². The minimum atomic E-state index is -2.97. The maximum absolute atomic E-state index is 11.6. The number of ether oxygens (including phenoxy) is 1. The van der Waals surface area contributed by atoms with Gasteiger partial charge in [0.1, 0.15) is 0 Å². The van der Waals surface area contributed by atoms with Crippen LogP contribution < -0.4 is 5.73 Å². The van der Waals surface area contributed by atoms with Gasteiger partial charge in [0.25, 0.3) is 0 Å². The fourth-order valence-corrected chi connectivity index (χ4v) is 2.81. The van der Waals surface area contributed by atoms with Crippen LogP contribution in [-0.4, -0.2) is 38.2 Å². The SMILES string of the molecule is CC(C)S(=O)(=O)CCC1(N)CCCOC1. The molecule has 0 radical (unpaired) electrons. The van der Waals surface area contributed by atoms with Crippen LogP contribution in [0.3, 0.4) is 0 Å². The minimum absolute atomic E-state index is 0.171. The van der Waals surface area contributed by atoms with Crippen molar-refractivity contribution in [3.63, 3.8) is 0 Å². The number of hydrogen-bond acceptors (Lipinski definition) is 4. The van der Waals surface area contributed by atoms with Gasteiger partial charge in [-0.25, -0.2) is 8.42 Å². The molecule has 0 aromatic rings. The normalized spacial score (nSPS) is 28.3. The van der Waals surface area contributed by atoms with E-state index in [9.17, 15) is 8.42 Å². The summed E-state index contributed by atoms with van der Waals surface area (Å²) in [6.45, 7) is 4.64. The first kappa shape index (κ1) is 12.9. The first-order chi connectivity index (χ1) is 6.86. The lowest BCUT2D eigenvalue weighted by molar-refractivity contribution is 0.0368. The zero-order valence-corrected chi connectivity index (χ0v) is 10.3. The van der Waals surface area contributed by atoms with Crippen molar-refractivity contribution in [1.29, 1.82) is 0 Å². The van der Waals surface area contributed by atoms with Crippen molar-refractivity contribution >= 4 is 9.84 Å². The molecule has 1 heterocycles. The number of nitrogens with two attached hydrogens (primary N) is 1. The van der Waals surface area contributed by atoms with Gasteiger partial charge in [-0.05, 0) is 33.1 Å². The molecule has 90 valence electrons. The average Bonchev–Trinajstić information content (AvgIpc) is 2.16. The summed E-state index contributed by atoms with van der Waals surface area (Å²) < 4.78 is 28.5. The highest BCUT2D eigenvalue weighted by Crippen LogP contribution is 2.21. The molecule has 2 N–H and O–H groups in total. The largest absolute Gasteiger partial charge is 0.380 e. The van der Waals surface area contributed by atoms with Gasteiger partial charge in [0.05, 0.1) is 17.6 Å². The molecule has 4 nitrogen and oxygen atoms in total. The van der Waals surface area contributed by atoms with Crippen molar-refractivity contribution < 1.29 is 13.2 Å². The fraction of sp³-hybridized carbons (Fsp3) is 1.00. The number of sulfone groups is 1. The van der Waals surface area contributed by atoms with Crippen LogP contribution in [-0.2, 0) is 14.6 Å². The lowest BCUT2D eigenvalue weighted by Gasteiger charge is -2.33. The standard InChI is InChI=1S/C10H21NO3S/c1-9(2)15(12,13)7-5-10(11)4-3-6-14-8-10/h9H,3-8,11H2,1-2H3. The average molecular weight is 235 g/mol. The van der Waals surface area contributed by atoms with Gasteiger partial charge in [-0.3, -0.25) is 0 Å². The van der Waals surface area contributed by atoms with Gasteiger partial charge in [-0.2, -0.15) is 0 Å². The Kier molecular flexibility index (Phi) is 4.14. The van der Waals surface area contributed by atoms with E-state index in [0.29, 0.717) is 13.0 Å². The molecule has 1 saturated heterocycles. The zero-order valence-electron chi connectivity index (χ0n) is 9.53. The van der Waals surface area contributed by atoms with E-state index in [1.165, 1.54) is 0 Å². The molecule has 0 saturated carbocycles. The van der Waals surface area contributed by atoms with Crippen LogP contribution in [0, 0.1) is 0 Å². The third-order valence-electron chi connectivity index (χ3n) is 2.96. The van der Waals surface area contributed by atoms with E-state index in [-0.39, 0.29) is 11.0 Å². The Labute approximate surface area is 92.1 Å². The van der Waals surface area contributed by atoms with E-state index in [0.717, 1.165) is 19.4 Å². The predicted molar refractivity (Wildman–Crippen MR) is 60.5 cm³/mol. The second-order valence-electron chi connectivity index (χ2n) is 4.68. The molecule has 1 aliphatic rings. The van der Waals surface area contributed by atoms with E-state index in [2.05, 4.69) is 0 Å². The third-order valence-corrected chi connectivity index (χ3v) is 5.17. The van der Waals surface area contributed by atoms with Crippen LogP contribution in [0.25, 0.3) is 0 Å². The van der Waals surface area contributed by atoms with E-state index < -0.39 is 15.4 Å². The second-order valence-corrected chi connectivity index (χ2v) is 7.36. The molecule has 5 heteroatoms. The summed E-state index contributed by atoms with van der Waals surface area (Å²) >= 11 is 0. The highest BCUT2D eigenvalue weighted by Gasteiger charge is 2.30. The fourth-order valence-electron chi connectivity index (χ4n) is 1.65. The Morgan fingerprint density at radius 2 is 2.13 bits per heavy atom. The molecule has 1 aliphatic heterocycles. The van der Waals surface area contributed by atoms with Crippen LogP contribution in [0.1, 0.15) is 33.1 Å². The Morgan fingerprint density at radius 3 is 2.60 bits per heavy atom. The molecule has 15 heavy (non-hydrogen) atoms. The van der Waals surface area contributed by atoms with E-state index >= 15 is 0 Å². The zero-order chi connectivity index (χ0) is 11.5. The maximum atomic E-state index is 11.6. The summed E-state index contributed by atoms with van der Waals surface area (Å²) in [6.07, 6.45) is 2.30. The summed E-state index contributed by atoms with van der Waals surface area (Å²) in [5, 5.41) is -0.314. The lowest BCUT2D eigenvalue weighted by Crippen LogP contribution is -2.48. The van der Waals surface area contributed by atoms with Crippen LogP contribution in [0.2, 0.25) is 0 Å². The van der Waals surface area contributed by atoms with Gasteiger partial charge in [-0.15, -0.1) is 0 Å². The summed E-state index contributed by atoms with van der Waals surface area (Å²) in [5.41, 5.74) is 5.65. The smallest absolute Gasteiger partial charge is 0.152 e. The molecule has 0 aliphatic carbocycles. The van der Waals surface area contributed by atoms with Gasteiger partial charge < -0.3 is 10.5 Å².